The van der Waals surface area contributed by atoms with Gasteiger partial charge < -0.3 is 5.73 Å². The van der Waals surface area contributed by atoms with E-state index in [1.807, 2.05) is 17.9 Å². The number of hydrogen-bond acceptors (Lipinski definition) is 3. The van der Waals surface area contributed by atoms with Crippen molar-refractivity contribution in [3.63, 3.8) is 0 Å². The second kappa shape index (κ2) is 6.06. The first-order chi connectivity index (χ1) is 9.09. The summed E-state index contributed by atoms with van der Waals surface area (Å²) in [5.41, 5.74) is 7.66. The third-order valence-corrected chi connectivity index (χ3v) is 4.63. The van der Waals surface area contributed by atoms with Crippen LogP contribution in [0.15, 0.2) is 12.4 Å². The second-order valence-electron chi connectivity index (χ2n) is 6.17. The van der Waals surface area contributed by atoms with E-state index >= 15 is 0 Å². The fourth-order valence-corrected chi connectivity index (χ4v) is 3.62. The van der Waals surface area contributed by atoms with Gasteiger partial charge in [-0.15, -0.1) is 0 Å². The van der Waals surface area contributed by atoms with Gasteiger partial charge in [-0.25, -0.2) is 0 Å². The summed E-state index contributed by atoms with van der Waals surface area (Å²) in [4.78, 5) is 2.57. The third-order valence-electron chi connectivity index (χ3n) is 4.63. The molecule has 0 aliphatic heterocycles. The number of aryl methyl sites for hydroxylation is 1. The number of nitrogens with zero attached hydrogens (tertiary/aromatic N) is 3. The van der Waals surface area contributed by atoms with Crippen LogP contribution in [0.4, 0.5) is 0 Å². The smallest absolute Gasteiger partial charge is 0.0534 e. The molecule has 0 bridgehead atoms. The molecule has 4 nitrogen and oxygen atoms in total. The maximum atomic E-state index is 6.17. The van der Waals surface area contributed by atoms with Crippen LogP contribution in [0.2, 0.25) is 0 Å². The van der Waals surface area contributed by atoms with Crippen molar-refractivity contribution in [1.82, 2.24) is 14.7 Å². The molecule has 1 fully saturated rings. The second-order valence-corrected chi connectivity index (χ2v) is 6.17. The van der Waals surface area contributed by atoms with E-state index in [4.69, 9.17) is 5.73 Å². The molecule has 1 aliphatic rings. The van der Waals surface area contributed by atoms with Gasteiger partial charge in [-0.1, -0.05) is 26.7 Å². The molecule has 0 radical (unpaired) electrons. The van der Waals surface area contributed by atoms with Crippen LogP contribution in [-0.4, -0.2) is 33.3 Å². The normalized spacial score (nSPS) is 27.9. The quantitative estimate of drug-likeness (QED) is 0.886. The summed E-state index contributed by atoms with van der Waals surface area (Å²) in [7, 11) is 1.97. The molecule has 1 heterocycles. The summed E-state index contributed by atoms with van der Waals surface area (Å²) in [5, 5.41) is 4.27. The third kappa shape index (κ3) is 3.18. The maximum Gasteiger partial charge on any atom is 0.0534 e. The van der Waals surface area contributed by atoms with Gasteiger partial charge >= 0.3 is 0 Å². The SMILES string of the molecule is CCN(Cc1cnn(C)c1)C1(CN)CCCC(C)C1. The number of nitrogens with two attached hydrogens (primary N) is 1. The highest BCUT2D eigenvalue weighted by atomic mass is 15.3. The first-order valence-electron chi connectivity index (χ1n) is 7.52. The molecule has 1 aromatic heterocycles. The van der Waals surface area contributed by atoms with Gasteiger partial charge in [-0.05, 0) is 25.3 Å². The molecule has 4 heteroatoms. The van der Waals surface area contributed by atoms with Crippen LogP contribution < -0.4 is 5.73 Å². The number of hydrogen-bond donors (Lipinski definition) is 1. The molecule has 2 rings (SSSR count). The molecule has 2 atom stereocenters. The number of aromatic nitrogens is 2. The van der Waals surface area contributed by atoms with E-state index in [0.29, 0.717) is 0 Å². The van der Waals surface area contributed by atoms with Crippen LogP contribution in [0.25, 0.3) is 0 Å². The highest BCUT2D eigenvalue weighted by Crippen LogP contribution is 2.36. The summed E-state index contributed by atoms with van der Waals surface area (Å²) >= 11 is 0. The van der Waals surface area contributed by atoms with Crippen LogP contribution in [0, 0.1) is 5.92 Å². The zero-order valence-corrected chi connectivity index (χ0v) is 12.6. The van der Waals surface area contributed by atoms with Crippen LogP contribution in [0.1, 0.15) is 45.1 Å². The van der Waals surface area contributed by atoms with Crippen molar-refractivity contribution in [3.05, 3.63) is 18.0 Å². The largest absolute Gasteiger partial charge is 0.329 e. The molecule has 19 heavy (non-hydrogen) atoms. The molecule has 1 aromatic rings. The lowest BCUT2D eigenvalue weighted by atomic mass is 9.75. The Bertz CT molecular complexity index is 401. The predicted octanol–water partition coefficient (Wildman–Crippen LogP) is 2.15. The summed E-state index contributed by atoms with van der Waals surface area (Å²) in [5.74, 6) is 0.792. The zero-order chi connectivity index (χ0) is 13.9. The maximum absolute atomic E-state index is 6.17. The minimum atomic E-state index is 0.197. The Balaban J connectivity index is 2.13. The van der Waals surface area contributed by atoms with E-state index < -0.39 is 0 Å². The van der Waals surface area contributed by atoms with Gasteiger partial charge in [-0.3, -0.25) is 9.58 Å². The first kappa shape index (κ1) is 14.5. The highest BCUT2D eigenvalue weighted by Gasteiger charge is 2.38. The van der Waals surface area contributed by atoms with Crippen LogP contribution in [0.3, 0.4) is 0 Å². The van der Waals surface area contributed by atoms with E-state index in [2.05, 4.69) is 30.0 Å². The van der Waals surface area contributed by atoms with E-state index in [-0.39, 0.29) is 5.54 Å². The minimum Gasteiger partial charge on any atom is -0.329 e. The van der Waals surface area contributed by atoms with E-state index in [1.54, 1.807) is 0 Å². The Morgan fingerprint density at radius 3 is 2.89 bits per heavy atom. The minimum absolute atomic E-state index is 0.197. The Morgan fingerprint density at radius 2 is 2.37 bits per heavy atom. The van der Waals surface area contributed by atoms with Crippen LogP contribution >= 0.6 is 0 Å². The Hall–Kier alpha value is -0.870. The van der Waals surface area contributed by atoms with Crippen LogP contribution in [-0.2, 0) is 13.6 Å². The average Bonchev–Trinajstić information content (AvgIpc) is 2.81. The first-order valence-corrected chi connectivity index (χ1v) is 7.52. The molecular formula is C15H28N4. The average molecular weight is 264 g/mol. The molecular weight excluding hydrogens is 236 g/mol. The zero-order valence-electron chi connectivity index (χ0n) is 12.6. The van der Waals surface area contributed by atoms with Crippen molar-refractivity contribution in [2.24, 2.45) is 18.7 Å². The summed E-state index contributed by atoms with van der Waals surface area (Å²) < 4.78 is 1.88. The molecule has 0 amide bonds. The van der Waals surface area contributed by atoms with Crippen molar-refractivity contribution >= 4 is 0 Å². The molecule has 0 saturated heterocycles. The lowest BCUT2D eigenvalue weighted by Crippen LogP contribution is -2.55. The number of likely N-dealkylation sites (N-methyl/N-ethyl adjacent to an activating group) is 1. The lowest BCUT2D eigenvalue weighted by Gasteiger charge is -2.47. The van der Waals surface area contributed by atoms with Crippen molar-refractivity contribution in [2.45, 2.75) is 51.6 Å². The van der Waals surface area contributed by atoms with E-state index in [0.717, 1.165) is 25.6 Å². The molecule has 2 unspecified atom stereocenters. The van der Waals surface area contributed by atoms with Crippen molar-refractivity contribution in [2.75, 3.05) is 13.1 Å². The van der Waals surface area contributed by atoms with Gasteiger partial charge in [0.2, 0.25) is 0 Å². The van der Waals surface area contributed by atoms with Gasteiger partial charge in [0.05, 0.1) is 6.20 Å². The highest BCUT2D eigenvalue weighted by molar-refractivity contribution is 5.06. The molecule has 0 aromatic carbocycles. The van der Waals surface area contributed by atoms with E-state index in [9.17, 15) is 0 Å². The standard InChI is InChI=1S/C15H28N4/c1-4-19(11-14-9-17-18(3)10-14)15(12-16)7-5-6-13(2)8-15/h9-10,13H,4-8,11-12,16H2,1-3H3. The predicted molar refractivity (Wildman–Crippen MR) is 78.7 cm³/mol. The molecule has 108 valence electrons. The Kier molecular flexibility index (Phi) is 4.63. The van der Waals surface area contributed by atoms with Crippen LogP contribution in [0.5, 0.6) is 0 Å². The van der Waals surface area contributed by atoms with Crippen molar-refractivity contribution < 1.29 is 0 Å². The van der Waals surface area contributed by atoms with Gasteiger partial charge in [0.1, 0.15) is 0 Å². The molecule has 1 saturated carbocycles. The lowest BCUT2D eigenvalue weighted by molar-refractivity contribution is 0.0367. The topological polar surface area (TPSA) is 47.1 Å². The molecule has 2 N–H and O–H groups in total. The molecule has 1 aliphatic carbocycles. The fraction of sp³-hybridized carbons (Fsp3) is 0.800. The summed E-state index contributed by atoms with van der Waals surface area (Å²) in [6.45, 7) is 7.40. The van der Waals surface area contributed by atoms with Crippen molar-refractivity contribution in [3.8, 4) is 0 Å². The van der Waals surface area contributed by atoms with Gasteiger partial charge in [0.25, 0.3) is 0 Å². The van der Waals surface area contributed by atoms with Gasteiger partial charge in [0.15, 0.2) is 0 Å². The van der Waals surface area contributed by atoms with Crippen molar-refractivity contribution in [1.29, 1.82) is 0 Å². The molecule has 0 spiro atoms. The number of rotatable bonds is 5. The van der Waals surface area contributed by atoms with Gasteiger partial charge in [-0.2, -0.15) is 5.10 Å². The van der Waals surface area contributed by atoms with Gasteiger partial charge in [0, 0.05) is 37.4 Å². The Morgan fingerprint density at radius 1 is 1.58 bits per heavy atom. The summed E-state index contributed by atoms with van der Waals surface area (Å²) in [6, 6.07) is 0. The van der Waals surface area contributed by atoms with E-state index in [1.165, 1.54) is 31.2 Å². The summed E-state index contributed by atoms with van der Waals surface area (Å²) in [6.07, 6.45) is 9.21. The Labute approximate surface area is 117 Å². The monoisotopic (exact) mass is 264 g/mol. The fourth-order valence-electron chi connectivity index (χ4n) is 3.62.